The summed E-state index contributed by atoms with van der Waals surface area (Å²) in [5.41, 5.74) is -0.652. The van der Waals surface area contributed by atoms with E-state index in [1.165, 1.54) is 25.7 Å². The van der Waals surface area contributed by atoms with E-state index in [1.54, 1.807) is 0 Å². The molecule has 2 aliphatic carbocycles. The number of amides is 1. The smallest absolute Gasteiger partial charge is 0.305 e. The molecule has 2 aliphatic rings. The van der Waals surface area contributed by atoms with Crippen molar-refractivity contribution in [2.24, 2.45) is 23.7 Å². The van der Waals surface area contributed by atoms with Gasteiger partial charge in [-0.05, 0) is 49.9 Å². The molecule has 4 unspecified atom stereocenters. The molecule has 114 valence electrons. The van der Waals surface area contributed by atoms with Crippen LogP contribution in [-0.2, 0) is 9.59 Å². The highest BCUT2D eigenvalue weighted by atomic mass is 16.4. The van der Waals surface area contributed by atoms with E-state index in [0.29, 0.717) is 12.3 Å². The molecule has 4 atom stereocenters. The minimum absolute atomic E-state index is 0.0207. The number of nitrogens with one attached hydrogen (secondary N) is 1. The second-order valence-electron chi connectivity index (χ2n) is 7.33. The van der Waals surface area contributed by atoms with Crippen LogP contribution in [0.25, 0.3) is 0 Å². The van der Waals surface area contributed by atoms with Crippen LogP contribution >= 0.6 is 0 Å². The molecule has 0 saturated heterocycles. The van der Waals surface area contributed by atoms with Crippen molar-refractivity contribution in [1.82, 2.24) is 5.32 Å². The van der Waals surface area contributed by atoms with E-state index in [2.05, 4.69) is 5.32 Å². The quantitative estimate of drug-likeness (QED) is 0.786. The monoisotopic (exact) mass is 281 g/mol. The summed E-state index contributed by atoms with van der Waals surface area (Å²) in [5.74, 6) is 1.36. The Bertz CT molecular complexity index is 393. The predicted molar refractivity (Wildman–Crippen MR) is 77.2 cm³/mol. The molecule has 2 saturated carbocycles. The molecule has 0 heterocycles. The third-order valence-corrected chi connectivity index (χ3v) is 5.55. The number of carbonyl (C=O) groups is 2. The Labute approximate surface area is 121 Å². The predicted octanol–water partition coefficient (Wildman–Crippen LogP) is 2.82. The van der Waals surface area contributed by atoms with Crippen LogP contribution < -0.4 is 5.32 Å². The highest BCUT2D eigenvalue weighted by Gasteiger charge is 2.41. The van der Waals surface area contributed by atoms with Gasteiger partial charge in [-0.15, -0.1) is 0 Å². The molecule has 0 spiro atoms. The van der Waals surface area contributed by atoms with Gasteiger partial charge >= 0.3 is 5.97 Å². The van der Waals surface area contributed by atoms with Gasteiger partial charge in [0.25, 0.3) is 0 Å². The summed E-state index contributed by atoms with van der Waals surface area (Å²) < 4.78 is 0. The molecule has 0 aliphatic heterocycles. The third-order valence-electron chi connectivity index (χ3n) is 5.55. The Kier molecular flexibility index (Phi) is 4.40. The van der Waals surface area contributed by atoms with Crippen molar-refractivity contribution in [3.8, 4) is 0 Å². The first-order chi connectivity index (χ1) is 9.30. The number of aliphatic carboxylic acids is 1. The van der Waals surface area contributed by atoms with Crippen molar-refractivity contribution in [3.63, 3.8) is 0 Å². The summed E-state index contributed by atoms with van der Waals surface area (Å²) >= 11 is 0. The van der Waals surface area contributed by atoms with Crippen molar-refractivity contribution >= 4 is 11.9 Å². The maximum absolute atomic E-state index is 12.3. The lowest BCUT2D eigenvalue weighted by Gasteiger charge is -2.34. The van der Waals surface area contributed by atoms with E-state index < -0.39 is 11.5 Å². The van der Waals surface area contributed by atoms with Gasteiger partial charge in [0.1, 0.15) is 0 Å². The number of carboxylic acid groups (broad SMARTS) is 1. The van der Waals surface area contributed by atoms with Crippen LogP contribution in [0.3, 0.4) is 0 Å². The Morgan fingerprint density at radius 2 is 2.00 bits per heavy atom. The van der Waals surface area contributed by atoms with E-state index in [1.807, 2.05) is 20.8 Å². The molecule has 1 amide bonds. The number of rotatable bonds is 6. The number of carboxylic acids is 1. The van der Waals surface area contributed by atoms with Crippen LogP contribution in [-0.4, -0.2) is 22.5 Å². The molecule has 2 fully saturated rings. The molecule has 0 aromatic rings. The van der Waals surface area contributed by atoms with Crippen LogP contribution in [0.2, 0.25) is 0 Å². The minimum Gasteiger partial charge on any atom is -0.481 e. The zero-order valence-electron chi connectivity index (χ0n) is 12.8. The fraction of sp³-hybridized carbons (Fsp3) is 0.875. The molecular weight excluding hydrogens is 254 g/mol. The van der Waals surface area contributed by atoms with Crippen molar-refractivity contribution in [2.45, 2.75) is 64.8 Å². The van der Waals surface area contributed by atoms with Crippen LogP contribution in [0.1, 0.15) is 59.3 Å². The fourth-order valence-electron chi connectivity index (χ4n) is 3.94. The highest BCUT2D eigenvalue weighted by molar-refractivity contribution is 5.78. The summed E-state index contributed by atoms with van der Waals surface area (Å²) in [6, 6.07) is 0. The number of fused-ring (bicyclic) bond motifs is 2. The van der Waals surface area contributed by atoms with Crippen molar-refractivity contribution in [2.75, 3.05) is 0 Å². The van der Waals surface area contributed by atoms with Gasteiger partial charge in [0.2, 0.25) is 5.91 Å². The van der Waals surface area contributed by atoms with Crippen LogP contribution in [0.5, 0.6) is 0 Å². The second-order valence-corrected chi connectivity index (χ2v) is 7.33. The van der Waals surface area contributed by atoms with Gasteiger partial charge in [-0.1, -0.05) is 20.3 Å². The molecule has 4 heteroatoms. The molecule has 2 rings (SSSR count). The van der Waals surface area contributed by atoms with Crippen LogP contribution in [0, 0.1) is 23.7 Å². The molecule has 20 heavy (non-hydrogen) atoms. The zero-order valence-corrected chi connectivity index (χ0v) is 12.8. The number of hydrogen-bond acceptors (Lipinski definition) is 2. The van der Waals surface area contributed by atoms with Crippen molar-refractivity contribution in [1.29, 1.82) is 0 Å². The summed E-state index contributed by atoms with van der Waals surface area (Å²) in [7, 11) is 0. The van der Waals surface area contributed by atoms with E-state index in [0.717, 1.165) is 11.8 Å². The van der Waals surface area contributed by atoms with Gasteiger partial charge in [-0.25, -0.2) is 0 Å². The summed E-state index contributed by atoms with van der Waals surface area (Å²) in [6.45, 7) is 5.76. The van der Waals surface area contributed by atoms with Crippen LogP contribution in [0.4, 0.5) is 0 Å². The molecule has 2 N–H and O–H groups in total. The summed E-state index contributed by atoms with van der Waals surface area (Å²) in [4.78, 5) is 23.3. The first-order valence-corrected chi connectivity index (χ1v) is 7.83. The van der Waals surface area contributed by atoms with Crippen molar-refractivity contribution in [3.05, 3.63) is 0 Å². The average Bonchev–Trinajstić information content (AvgIpc) is 2.88. The van der Waals surface area contributed by atoms with E-state index >= 15 is 0 Å². The first-order valence-electron chi connectivity index (χ1n) is 7.83. The normalized spacial score (nSPS) is 31.3. The van der Waals surface area contributed by atoms with Gasteiger partial charge in [0.15, 0.2) is 0 Å². The Morgan fingerprint density at radius 3 is 2.45 bits per heavy atom. The Morgan fingerprint density at radius 1 is 1.30 bits per heavy atom. The third kappa shape index (κ3) is 3.33. The Balaban J connectivity index is 1.90. The lowest BCUT2D eigenvalue weighted by molar-refractivity contribution is -0.139. The van der Waals surface area contributed by atoms with E-state index in [9.17, 15) is 9.59 Å². The van der Waals surface area contributed by atoms with Gasteiger partial charge in [-0.3, -0.25) is 9.59 Å². The molecule has 4 nitrogen and oxygen atoms in total. The standard InChI is InChI=1S/C16H27NO3/c1-10(2)16(3,9-15(19)20)17-14(18)8-13-7-11-4-5-12(13)6-11/h10-13H,4-9H2,1-3H3,(H,17,18)(H,19,20). The van der Waals surface area contributed by atoms with Gasteiger partial charge < -0.3 is 10.4 Å². The lowest BCUT2D eigenvalue weighted by atomic mass is 9.83. The van der Waals surface area contributed by atoms with Gasteiger partial charge in [0.05, 0.1) is 6.42 Å². The molecule has 2 bridgehead atoms. The minimum atomic E-state index is -0.860. The largest absolute Gasteiger partial charge is 0.481 e. The highest BCUT2D eigenvalue weighted by Crippen LogP contribution is 2.49. The molecule has 0 aromatic heterocycles. The molecule has 0 aromatic carbocycles. The topological polar surface area (TPSA) is 66.4 Å². The number of hydrogen-bond donors (Lipinski definition) is 2. The van der Waals surface area contributed by atoms with E-state index in [-0.39, 0.29) is 18.2 Å². The Hall–Kier alpha value is -1.06. The first kappa shape index (κ1) is 15.3. The SMILES string of the molecule is CC(C)C(C)(CC(=O)O)NC(=O)CC1CC2CCC1C2. The maximum Gasteiger partial charge on any atom is 0.305 e. The van der Waals surface area contributed by atoms with Crippen LogP contribution in [0.15, 0.2) is 0 Å². The molecular formula is C16H27NO3. The van der Waals surface area contributed by atoms with Crippen molar-refractivity contribution < 1.29 is 14.7 Å². The fourth-order valence-corrected chi connectivity index (χ4v) is 3.94. The second kappa shape index (κ2) is 5.74. The summed E-state index contributed by atoms with van der Waals surface area (Å²) in [5, 5.41) is 12.0. The van der Waals surface area contributed by atoms with Gasteiger partial charge in [0, 0.05) is 12.0 Å². The van der Waals surface area contributed by atoms with E-state index in [4.69, 9.17) is 5.11 Å². The summed E-state index contributed by atoms with van der Waals surface area (Å²) in [6.07, 6.45) is 5.66. The number of carbonyl (C=O) groups excluding carboxylic acids is 1. The lowest BCUT2D eigenvalue weighted by Crippen LogP contribution is -2.51. The molecule has 0 radical (unpaired) electrons. The average molecular weight is 281 g/mol. The van der Waals surface area contributed by atoms with Gasteiger partial charge in [-0.2, -0.15) is 0 Å². The zero-order chi connectivity index (χ0) is 14.9. The maximum atomic E-state index is 12.3.